The second-order valence-corrected chi connectivity index (χ2v) is 6.58. The highest BCUT2D eigenvalue weighted by atomic mass is 16.6. The fraction of sp³-hybridized carbons (Fsp3) is 0.529. The van der Waals surface area contributed by atoms with Gasteiger partial charge < -0.3 is 14.5 Å². The third-order valence-electron chi connectivity index (χ3n) is 4.85. The van der Waals surface area contributed by atoms with Crippen molar-refractivity contribution in [3.05, 3.63) is 39.9 Å². The molecular weight excluding hydrogens is 326 g/mol. The number of carbonyl (C=O) groups is 2. The van der Waals surface area contributed by atoms with E-state index in [-0.39, 0.29) is 23.1 Å². The molecule has 2 amide bonds. The van der Waals surface area contributed by atoms with Crippen molar-refractivity contribution in [2.24, 2.45) is 0 Å². The van der Waals surface area contributed by atoms with Crippen LogP contribution in [0, 0.1) is 10.1 Å². The van der Waals surface area contributed by atoms with Crippen LogP contribution in [0.15, 0.2) is 24.3 Å². The van der Waals surface area contributed by atoms with Crippen LogP contribution in [0.1, 0.15) is 30.1 Å². The van der Waals surface area contributed by atoms with Gasteiger partial charge in [-0.3, -0.25) is 19.7 Å². The lowest BCUT2D eigenvalue weighted by Gasteiger charge is -2.47. The van der Waals surface area contributed by atoms with Crippen molar-refractivity contribution in [1.29, 1.82) is 0 Å². The molecule has 134 valence electrons. The zero-order chi connectivity index (χ0) is 18.0. The van der Waals surface area contributed by atoms with Gasteiger partial charge in [-0.25, -0.2) is 0 Å². The summed E-state index contributed by atoms with van der Waals surface area (Å²) < 4.78 is 5.96. The highest BCUT2D eigenvalue weighted by Gasteiger charge is 2.43. The summed E-state index contributed by atoms with van der Waals surface area (Å²) in [4.78, 5) is 38.5. The second-order valence-electron chi connectivity index (χ2n) is 6.58. The Bertz CT molecular complexity index is 703. The van der Waals surface area contributed by atoms with Gasteiger partial charge in [-0.1, -0.05) is 12.1 Å². The van der Waals surface area contributed by atoms with Crippen molar-refractivity contribution in [3.63, 3.8) is 0 Å². The van der Waals surface area contributed by atoms with Gasteiger partial charge in [0.25, 0.3) is 11.6 Å². The first-order valence-corrected chi connectivity index (χ1v) is 8.34. The van der Waals surface area contributed by atoms with Gasteiger partial charge in [-0.05, 0) is 18.9 Å². The topological polar surface area (TPSA) is 93.0 Å². The molecule has 2 saturated heterocycles. The molecule has 2 aliphatic heterocycles. The molecule has 0 bridgehead atoms. The minimum absolute atomic E-state index is 0.00942. The Morgan fingerprint density at radius 1 is 1.20 bits per heavy atom. The number of morpholine rings is 1. The molecule has 8 nitrogen and oxygen atoms in total. The minimum Gasteiger partial charge on any atom is -0.369 e. The molecule has 1 atom stereocenters. The first-order chi connectivity index (χ1) is 11.9. The molecule has 0 radical (unpaired) electrons. The summed E-state index contributed by atoms with van der Waals surface area (Å²) in [5.41, 5.74) is -0.688. The number of ether oxygens (including phenoxy) is 1. The van der Waals surface area contributed by atoms with E-state index in [1.807, 2.05) is 0 Å². The van der Waals surface area contributed by atoms with Gasteiger partial charge in [0, 0.05) is 26.1 Å². The van der Waals surface area contributed by atoms with Crippen LogP contribution >= 0.6 is 0 Å². The predicted octanol–water partition coefficient (Wildman–Crippen LogP) is 1.45. The summed E-state index contributed by atoms with van der Waals surface area (Å²) in [5.74, 6) is -0.375. The zero-order valence-corrected chi connectivity index (χ0v) is 14.1. The van der Waals surface area contributed by atoms with Gasteiger partial charge in [0.15, 0.2) is 0 Å². The van der Waals surface area contributed by atoms with Gasteiger partial charge in [-0.15, -0.1) is 0 Å². The van der Waals surface area contributed by atoms with E-state index in [0.717, 1.165) is 12.8 Å². The molecule has 2 fully saturated rings. The molecule has 25 heavy (non-hydrogen) atoms. The number of nitro benzene ring substituents is 1. The molecule has 8 heteroatoms. The number of hydrogen-bond donors (Lipinski definition) is 0. The van der Waals surface area contributed by atoms with Crippen LogP contribution in [0.3, 0.4) is 0 Å². The fourth-order valence-electron chi connectivity index (χ4n) is 3.62. The van der Waals surface area contributed by atoms with E-state index in [1.54, 1.807) is 21.9 Å². The van der Waals surface area contributed by atoms with Crippen molar-refractivity contribution in [1.82, 2.24) is 9.80 Å². The van der Waals surface area contributed by atoms with Crippen LogP contribution in [0.5, 0.6) is 0 Å². The fourth-order valence-corrected chi connectivity index (χ4v) is 3.62. The number of para-hydroxylation sites is 1. The maximum atomic E-state index is 12.9. The number of likely N-dealkylation sites (tertiary alicyclic amines) is 1. The predicted molar refractivity (Wildman–Crippen MR) is 89.2 cm³/mol. The summed E-state index contributed by atoms with van der Waals surface area (Å²) in [6.45, 7) is 3.82. The Labute approximate surface area is 145 Å². The van der Waals surface area contributed by atoms with E-state index in [4.69, 9.17) is 4.74 Å². The van der Waals surface area contributed by atoms with Gasteiger partial charge >= 0.3 is 0 Å². The smallest absolute Gasteiger partial charge is 0.282 e. The van der Waals surface area contributed by atoms with Crippen molar-refractivity contribution in [2.75, 3.05) is 32.8 Å². The number of hydrogen-bond acceptors (Lipinski definition) is 5. The van der Waals surface area contributed by atoms with Crippen LogP contribution < -0.4 is 0 Å². The molecule has 0 N–H and O–H groups in total. The Hall–Kier alpha value is -2.48. The van der Waals surface area contributed by atoms with E-state index < -0.39 is 10.5 Å². The molecule has 0 unspecified atom stereocenters. The lowest BCUT2D eigenvalue weighted by molar-refractivity contribution is -0.385. The van der Waals surface area contributed by atoms with Crippen molar-refractivity contribution in [3.8, 4) is 0 Å². The molecule has 1 aromatic carbocycles. The van der Waals surface area contributed by atoms with Crippen LogP contribution in [0.2, 0.25) is 0 Å². The van der Waals surface area contributed by atoms with Gasteiger partial charge in [0.1, 0.15) is 11.2 Å². The average molecular weight is 347 g/mol. The SMILES string of the molecule is CC(=O)N1CCO[C@@]2(CCCN(C(=O)c3ccccc3[N+](=O)[O-])C2)C1. The van der Waals surface area contributed by atoms with Crippen LogP contribution in [0.25, 0.3) is 0 Å². The van der Waals surface area contributed by atoms with E-state index >= 15 is 0 Å². The molecule has 0 saturated carbocycles. The maximum Gasteiger partial charge on any atom is 0.282 e. The number of amides is 2. The monoisotopic (exact) mass is 347 g/mol. The summed E-state index contributed by atoms with van der Waals surface area (Å²) >= 11 is 0. The number of carbonyl (C=O) groups excluding carboxylic acids is 2. The van der Waals surface area contributed by atoms with E-state index in [1.165, 1.54) is 19.1 Å². The zero-order valence-electron chi connectivity index (χ0n) is 14.1. The van der Waals surface area contributed by atoms with Crippen LogP contribution in [-0.2, 0) is 9.53 Å². The van der Waals surface area contributed by atoms with E-state index in [2.05, 4.69) is 0 Å². The Morgan fingerprint density at radius 3 is 2.64 bits per heavy atom. The third-order valence-corrected chi connectivity index (χ3v) is 4.85. The molecule has 0 aromatic heterocycles. The quantitative estimate of drug-likeness (QED) is 0.596. The summed E-state index contributed by atoms with van der Waals surface area (Å²) in [7, 11) is 0. The summed E-state index contributed by atoms with van der Waals surface area (Å²) in [6, 6.07) is 5.98. The van der Waals surface area contributed by atoms with E-state index in [9.17, 15) is 19.7 Å². The van der Waals surface area contributed by atoms with Gasteiger partial charge in [0.2, 0.25) is 5.91 Å². The van der Waals surface area contributed by atoms with Gasteiger partial charge in [0.05, 0.1) is 24.6 Å². The molecule has 1 spiro atoms. The van der Waals surface area contributed by atoms with Crippen LogP contribution in [-0.4, -0.2) is 64.9 Å². The lowest BCUT2D eigenvalue weighted by Crippen LogP contribution is -2.61. The number of nitro groups is 1. The van der Waals surface area contributed by atoms with Gasteiger partial charge in [-0.2, -0.15) is 0 Å². The third kappa shape index (κ3) is 3.48. The Morgan fingerprint density at radius 2 is 1.92 bits per heavy atom. The van der Waals surface area contributed by atoms with Crippen molar-refractivity contribution >= 4 is 17.5 Å². The Balaban J connectivity index is 1.81. The number of piperidine rings is 1. The highest BCUT2D eigenvalue weighted by Crippen LogP contribution is 2.31. The molecule has 2 aliphatic rings. The second kappa shape index (κ2) is 6.79. The Kier molecular flexibility index (Phi) is 4.71. The first kappa shape index (κ1) is 17.3. The lowest BCUT2D eigenvalue weighted by atomic mass is 9.90. The standard InChI is InChI=1S/C17H21N3O5/c1-13(21)18-9-10-25-17(11-18)7-4-8-19(12-17)16(22)14-5-2-3-6-15(14)20(23)24/h2-3,5-6H,4,7-12H2,1H3/t17-/m0/s1. The maximum absolute atomic E-state index is 12.9. The molecular formula is C17H21N3O5. The largest absolute Gasteiger partial charge is 0.369 e. The number of benzene rings is 1. The molecule has 1 aromatic rings. The normalized spacial score (nSPS) is 23.6. The summed E-state index contributed by atoms with van der Waals surface area (Å²) in [5, 5.41) is 11.2. The van der Waals surface area contributed by atoms with Crippen molar-refractivity contribution < 1.29 is 19.2 Å². The van der Waals surface area contributed by atoms with E-state index in [0.29, 0.717) is 32.8 Å². The first-order valence-electron chi connectivity index (χ1n) is 8.34. The van der Waals surface area contributed by atoms with Crippen LogP contribution in [0.4, 0.5) is 5.69 Å². The highest BCUT2D eigenvalue weighted by molar-refractivity contribution is 5.98. The number of rotatable bonds is 2. The minimum atomic E-state index is -0.582. The number of nitrogens with zero attached hydrogens (tertiary/aromatic N) is 3. The average Bonchev–Trinajstić information content (AvgIpc) is 2.61. The molecule has 3 rings (SSSR count). The molecule has 2 heterocycles. The van der Waals surface area contributed by atoms with Crippen molar-refractivity contribution in [2.45, 2.75) is 25.4 Å². The molecule has 0 aliphatic carbocycles. The summed E-state index contributed by atoms with van der Waals surface area (Å²) in [6.07, 6.45) is 1.50.